The molecule has 0 unspecified atom stereocenters. The van der Waals surface area contributed by atoms with Crippen LogP contribution in [0.4, 0.5) is 0 Å². The van der Waals surface area contributed by atoms with Crippen molar-refractivity contribution in [2.24, 2.45) is 7.05 Å². The van der Waals surface area contributed by atoms with E-state index in [-0.39, 0.29) is 0 Å². The zero-order chi connectivity index (χ0) is 13.0. The Morgan fingerprint density at radius 2 is 2.11 bits per heavy atom. The fraction of sp³-hybridized carbons (Fsp3) is 0.500. The quantitative estimate of drug-likeness (QED) is 0.792. The van der Waals surface area contributed by atoms with Crippen LogP contribution < -0.4 is 5.32 Å². The lowest BCUT2D eigenvalue weighted by Crippen LogP contribution is -2.14. The van der Waals surface area contributed by atoms with Crippen molar-refractivity contribution >= 4 is 0 Å². The van der Waals surface area contributed by atoms with Crippen LogP contribution in [0.25, 0.3) is 0 Å². The number of nitrogens with zero attached hydrogens (tertiary/aromatic N) is 3. The minimum atomic E-state index is 0.848. The number of nitrogens with one attached hydrogen (secondary N) is 1. The molecule has 0 saturated heterocycles. The first-order valence-electron chi connectivity index (χ1n) is 6.54. The van der Waals surface area contributed by atoms with E-state index in [4.69, 9.17) is 0 Å². The molecule has 0 atom stereocenters. The van der Waals surface area contributed by atoms with Gasteiger partial charge in [-0.1, -0.05) is 6.92 Å². The molecule has 2 aromatic rings. The predicted octanol–water partition coefficient (Wildman–Crippen LogP) is 2.08. The van der Waals surface area contributed by atoms with Gasteiger partial charge in [0.15, 0.2) is 0 Å². The Morgan fingerprint density at radius 1 is 1.28 bits per heavy atom. The molecule has 2 rings (SSSR count). The fourth-order valence-corrected chi connectivity index (χ4v) is 2.08. The van der Waals surface area contributed by atoms with E-state index in [0.29, 0.717) is 0 Å². The average Bonchev–Trinajstić information content (AvgIpc) is 2.90. The molecule has 2 heterocycles. The molecule has 0 aliphatic carbocycles. The SMILES string of the molecule is CCCNCc1ccn(Cc2ccn(C)n2)c1C. The maximum atomic E-state index is 4.41. The molecule has 0 bridgehead atoms. The lowest BCUT2D eigenvalue weighted by atomic mass is 10.2. The van der Waals surface area contributed by atoms with Crippen LogP contribution in [0.2, 0.25) is 0 Å². The Bertz CT molecular complexity index is 496. The van der Waals surface area contributed by atoms with Gasteiger partial charge < -0.3 is 9.88 Å². The van der Waals surface area contributed by atoms with Crippen molar-refractivity contribution in [3.05, 3.63) is 41.5 Å². The van der Waals surface area contributed by atoms with Crippen molar-refractivity contribution < 1.29 is 0 Å². The Kier molecular flexibility index (Phi) is 4.20. The lowest BCUT2D eigenvalue weighted by molar-refractivity contribution is 0.663. The molecule has 1 N–H and O–H groups in total. The van der Waals surface area contributed by atoms with E-state index >= 15 is 0 Å². The number of aromatic nitrogens is 3. The molecule has 4 nitrogen and oxygen atoms in total. The Morgan fingerprint density at radius 3 is 2.78 bits per heavy atom. The van der Waals surface area contributed by atoms with E-state index in [1.54, 1.807) is 0 Å². The summed E-state index contributed by atoms with van der Waals surface area (Å²) in [5.41, 5.74) is 3.80. The first kappa shape index (κ1) is 12.9. The molecular formula is C14H22N4. The smallest absolute Gasteiger partial charge is 0.0821 e. The Hall–Kier alpha value is -1.55. The van der Waals surface area contributed by atoms with Gasteiger partial charge in [-0.2, -0.15) is 5.10 Å². The highest BCUT2D eigenvalue weighted by atomic mass is 15.3. The van der Waals surface area contributed by atoms with Crippen LogP contribution in [0.15, 0.2) is 24.5 Å². The Balaban J connectivity index is 2.01. The first-order chi connectivity index (χ1) is 8.70. The molecule has 0 saturated carbocycles. The van der Waals surface area contributed by atoms with E-state index in [1.807, 2.05) is 17.9 Å². The molecule has 98 valence electrons. The van der Waals surface area contributed by atoms with Gasteiger partial charge in [0.2, 0.25) is 0 Å². The van der Waals surface area contributed by atoms with Gasteiger partial charge in [-0.25, -0.2) is 0 Å². The zero-order valence-corrected chi connectivity index (χ0v) is 11.5. The van der Waals surface area contributed by atoms with Crippen molar-refractivity contribution in [3.8, 4) is 0 Å². The van der Waals surface area contributed by atoms with Crippen molar-refractivity contribution in [1.29, 1.82) is 0 Å². The van der Waals surface area contributed by atoms with Gasteiger partial charge in [-0.3, -0.25) is 4.68 Å². The second-order valence-corrected chi connectivity index (χ2v) is 4.71. The summed E-state index contributed by atoms with van der Waals surface area (Å²) in [6.07, 6.45) is 5.30. The number of aryl methyl sites for hydroxylation is 1. The van der Waals surface area contributed by atoms with Crippen LogP contribution in [0, 0.1) is 6.92 Å². The summed E-state index contributed by atoms with van der Waals surface area (Å²) in [5.74, 6) is 0. The van der Waals surface area contributed by atoms with Gasteiger partial charge in [0, 0.05) is 31.7 Å². The highest BCUT2D eigenvalue weighted by Crippen LogP contribution is 2.11. The number of hydrogen-bond donors (Lipinski definition) is 1. The van der Waals surface area contributed by atoms with Crippen molar-refractivity contribution in [2.75, 3.05) is 6.54 Å². The molecule has 4 heteroatoms. The van der Waals surface area contributed by atoms with Gasteiger partial charge in [-0.15, -0.1) is 0 Å². The van der Waals surface area contributed by atoms with E-state index < -0.39 is 0 Å². The highest BCUT2D eigenvalue weighted by Gasteiger charge is 2.06. The van der Waals surface area contributed by atoms with Crippen molar-refractivity contribution in [1.82, 2.24) is 19.7 Å². The molecule has 0 aliphatic heterocycles. The van der Waals surface area contributed by atoms with Crippen molar-refractivity contribution in [3.63, 3.8) is 0 Å². The van der Waals surface area contributed by atoms with Crippen molar-refractivity contribution in [2.45, 2.75) is 33.4 Å². The summed E-state index contributed by atoms with van der Waals surface area (Å²) in [5, 5.41) is 7.85. The molecule has 0 spiro atoms. The van der Waals surface area contributed by atoms with Crippen LogP contribution >= 0.6 is 0 Å². The third kappa shape index (κ3) is 3.01. The molecule has 2 aromatic heterocycles. The highest BCUT2D eigenvalue weighted by molar-refractivity contribution is 5.22. The van der Waals surface area contributed by atoms with Gasteiger partial charge in [0.05, 0.1) is 12.2 Å². The van der Waals surface area contributed by atoms with Crippen LogP contribution in [0.1, 0.15) is 30.3 Å². The minimum absolute atomic E-state index is 0.848. The maximum absolute atomic E-state index is 4.41. The van der Waals surface area contributed by atoms with Gasteiger partial charge in [0.1, 0.15) is 0 Å². The first-order valence-corrected chi connectivity index (χ1v) is 6.54. The number of rotatable bonds is 6. The van der Waals surface area contributed by atoms with Crippen LogP contribution in [-0.4, -0.2) is 20.9 Å². The fourth-order valence-electron chi connectivity index (χ4n) is 2.08. The molecule has 0 amide bonds. The summed E-state index contributed by atoms with van der Waals surface area (Å²) in [6, 6.07) is 4.26. The van der Waals surface area contributed by atoms with Crippen LogP contribution in [0.3, 0.4) is 0 Å². The zero-order valence-electron chi connectivity index (χ0n) is 11.5. The molecule has 0 aliphatic rings. The van der Waals surface area contributed by atoms with Crippen LogP contribution in [0.5, 0.6) is 0 Å². The maximum Gasteiger partial charge on any atom is 0.0821 e. The standard InChI is InChI=1S/C14H22N4/c1-4-7-15-10-13-5-9-18(12(13)2)11-14-6-8-17(3)16-14/h5-6,8-9,15H,4,7,10-11H2,1-3H3. The Labute approximate surface area is 109 Å². The van der Waals surface area contributed by atoms with Gasteiger partial charge in [-0.05, 0) is 37.6 Å². The summed E-state index contributed by atoms with van der Waals surface area (Å²) < 4.78 is 4.10. The van der Waals surface area contributed by atoms with Gasteiger partial charge in [0.25, 0.3) is 0 Å². The summed E-state index contributed by atoms with van der Waals surface area (Å²) in [4.78, 5) is 0. The third-order valence-corrected chi connectivity index (χ3v) is 3.19. The molecule has 0 radical (unpaired) electrons. The minimum Gasteiger partial charge on any atom is -0.345 e. The largest absolute Gasteiger partial charge is 0.345 e. The van der Waals surface area contributed by atoms with E-state index in [2.05, 4.69) is 47.2 Å². The molecule has 0 fully saturated rings. The molecule has 18 heavy (non-hydrogen) atoms. The van der Waals surface area contributed by atoms with E-state index in [1.165, 1.54) is 17.7 Å². The normalized spacial score (nSPS) is 11.1. The van der Waals surface area contributed by atoms with Gasteiger partial charge >= 0.3 is 0 Å². The molecule has 0 aromatic carbocycles. The monoisotopic (exact) mass is 246 g/mol. The topological polar surface area (TPSA) is 34.8 Å². The number of hydrogen-bond acceptors (Lipinski definition) is 2. The van der Waals surface area contributed by atoms with E-state index in [0.717, 1.165) is 25.3 Å². The third-order valence-electron chi connectivity index (χ3n) is 3.19. The lowest BCUT2D eigenvalue weighted by Gasteiger charge is -2.06. The predicted molar refractivity (Wildman–Crippen MR) is 73.5 cm³/mol. The summed E-state index contributed by atoms with van der Waals surface area (Å²) >= 11 is 0. The van der Waals surface area contributed by atoms with E-state index in [9.17, 15) is 0 Å². The average molecular weight is 246 g/mol. The second kappa shape index (κ2) is 5.87. The second-order valence-electron chi connectivity index (χ2n) is 4.71. The van der Waals surface area contributed by atoms with Crippen LogP contribution in [-0.2, 0) is 20.1 Å². The summed E-state index contributed by atoms with van der Waals surface area (Å²) in [7, 11) is 1.95. The molecular weight excluding hydrogens is 224 g/mol. The summed E-state index contributed by atoms with van der Waals surface area (Å²) in [6.45, 7) is 7.23.